The van der Waals surface area contributed by atoms with Crippen LogP contribution in [0.2, 0.25) is 0 Å². The lowest BCUT2D eigenvalue weighted by molar-refractivity contribution is 0.0117. The molecule has 0 N–H and O–H groups in total. The summed E-state index contributed by atoms with van der Waals surface area (Å²) in [5.74, 6) is 3.33. The van der Waals surface area contributed by atoms with E-state index >= 15 is 0 Å². The molecule has 1 aliphatic carbocycles. The lowest BCUT2D eigenvalue weighted by Gasteiger charge is -2.25. The van der Waals surface area contributed by atoms with Gasteiger partial charge in [0, 0.05) is 5.92 Å². The van der Waals surface area contributed by atoms with Gasteiger partial charge in [-0.15, -0.1) is 12.3 Å². The summed E-state index contributed by atoms with van der Waals surface area (Å²) in [6.07, 6.45) is 10.3. The van der Waals surface area contributed by atoms with Gasteiger partial charge in [0.05, 0.1) is 12.7 Å². The number of hydrogen-bond donors (Lipinski definition) is 0. The quantitative estimate of drug-likeness (QED) is 0.701. The predicted octanol–water partition coefficient (Wildman–Crippen LogP) is 3.40. The first-order valence-corrected chi connectivity index (χ1v) is 6.00. The van der Waals surface area contributed by atoms with Crippen molar-refractivity contribution in [2.75, 3.05) is 0 Å². The predicted molar refractivity (Wildman–Crippen MR) is 65.8 cm³/mol. The van der Waals surface area contributed by atoms with Crippen molar-refractivity contribution in [1.29, 1.82) is 0 Å². The fourth-order valence-electron chi connectivity index (χ4n) is 2.18. The molecule has 1 aromatic carbocycles. The molecule has 1 nitrogen and oxygen atoms in total. The molecule has 0 bridgehead atoms. The fraction of sp³-hybridized carbons (Fsp3) is 0.467. The molecular weight excluding hydrogens is 196 g/mol. The van der Waals surface area contributed by atoms with Crippen molar-refractivity contribution in [2.24, 2.45) is 5.92 Å². The van der Waals surface area contributed by atoms with Gasteiger partial charge in [-0.25, -0.2) is 0 Å². The van der Waals surface area contributed by atoms with Crippen molar-refractivity contribution in [3.8, 4) is 12.3 Å². The first-order chi connectivity index (χ1) is 7.88. The zero-order valence-corrected chi connectivity index (χ0v) is 9.56. The van der Waals surface area contributed by atoms with Crippen LogP contribution in [0.25, 0.3) is 0 Å². The van der Waals surface area contributed by atoms with Crippen molar-refractivity contribution in [3.05, 3.63) is 35.9 Å². The van der Waals surface area contributed by atoms with Gasteiger partial charge in [0.25, 0.3) is 0 Å². The first-order valence-electron chi connectivity index (χ1n) is 6.00. The second-order valence-electron chi connectivity index (χ2n) is 4.44. The van der Waals surface area contributed by atoms with Crippen LogP contribution in [-0.2, 0) is 11.3 Å². The Morgan fingerprint density at radius 2 is 1.81 bits per heavy atom. The molecule has 1 fully saturated rings. The lowest BCUT2D eigenvalue weighted by atomic mass is 9.88. The van der Waals surface area contributed by atoms with Crippen molar-refractivity contribution in [3.63, 3.8) is 0 Å². The maximum Gasteiger partial charge on any atom is 0.0720 e. The number of terminal acetylenes is 1. The third-order valence-corrected chi connectivity index (χ3v) is 3.24. The summed E-state index contributed by atoms with van der Waals surface area (Å²) in [5, 5.41) is 0. The van der Waals surface area contributed by atoms with E-state index in [9.17, 15) is 0 Å². The van der Waals surface area contributed by atoms with Crippen LogP contribution in [0.4, 0.5) is 0 Å². The molecule has 0 spiro atoms. The van der Waals surface area contributed by atoms with E-state index in [4.69, 9.17) is 11.2 Å². The average molecular weight is 214 g/mol. The van der Waals surface area contributed by atoms with E-state index in [0.29, 0.717) is 12.0 Å². The van der Waals surface area contributed by atoms with Gasteiger partial charge in [0.15, 0.2) is 0 Å². The van der Waals surface area contributed by atoms with Crippen LogP contribution in [0.15, 0.2) is 30.3 Å². The van der Waals surface area contributed by atoms with Gasteiger partial charge in [-0.3, -0.25) is 0 Å². The standard InChI is InChI=1S/C15H18O/c1-2-13-8-10-15(11-9-13)16-12-14-6-4-3-5-7-14/h1,3-7,13,15H,8-12H2. The molecule has 16 heavy (non-hydrogen) atoms. The van der Waals surface area contributed by atoms with Gasteiger partial charge in [-0.1, -0.05) is 30.3 Å². The van der Waals surface area contributed by atoms with Crippen molar-refractivity contribution in [1.82, 2.24) is 0 Å². The van der Waals surface area contributed by atoms with Crippen molar-refractivity contribution < 1.29 is 4.74 Å². The van der Waals surface area contributed by atoms with Gasteiger partial charge in [-0.05, 0) is 31.2 Å². The lowest BCUT2D eigenvalue weighted by Crippen LogP contribution is -2.20. The Bertz CT molecular complexity index is 341. The number of benzene rings is 1. The van der Waals surface area contributed by atoms with Crippen LogP contribution in [-0.4, -0.2) is 6.10 Å². The molecule has 1 saturated carbocycles. The molecule has 1 heteroatoms. The number of hydrogen-bond acceptors (Lipinski definition) is 1. The Morgan fingerprint density at radius 3 is 2.44 bits per heavy atom. The smallest absolute Gasteiger partial charge is 0.0720 e. The van der Waals surface area contributed by atoms with Crippen LogP contribution in [0.1, 0.15) is 31.2 Å². The Morgan fingerprint density at radius 1 is 1.12 bits per heavy atom. The molecule has 0 heterocycles. The third kappa shape index (κ3) is 3.12. The van der Waals surface area contributed by atoms with Gasteiger partial charge >= 0.3 is 0 Å². The van der Waals surface area contributed by atoms with Crippen LogP contribution >= 0.6 is 0 Å². The van der Waals surface area contributed by atoms with E-state index in [2.05, 4.69) is 18.1 Å². The van der Waals surface area contributed by atoms with Gasteiger partial charge < -0.3 is 4.74 Å². The monoisotopic (exact) mass is 214 g/mol. The highest BCUT2D eigenvalue weighted by atomic mass is 16.5. The minimum atomic E-state index is 0.407. The molecule has 84 valence electrons. The zero-order chi connectivity index (χ0) is 11.2. The molecule has 0 aliphatic heterocycles. The number of ether oxygens (including phenoxy) is 1. The third-order valence-electron chi connectivity index (χ3n) is 3.24. The summed E-state index contributed by atoms with van der Waals surface area (Å²) in [6.45, 7) is 0.728. The van der Waals surface area contributed by atoms with E-state index in [1.807, 2.05) is 18.2 Å². The van der Waals surface area contributed by atoms with Gasteiger partial charge in [0.2, 0.25) is 0 Å². The van der Waals surface area contributed by atoms with Gasteiger partial charge in [-0.2, -0.15) is 0 Å². The highest BCUT2D eigenvalue weighted by molar-refractivity contribution is 5.13. The summed E-state index contributed by atoms with van der Waals surface area (Å²) in [7, 11) is 0. The highest BCUT2D eigenvalue weighted by Gasteiger charge is 2.19. The fourth-order valence-corrected chi connectivity index (χ4v) is 2.18. The van der Waals surface area contributed by atoms with Crippen LogP contribution < -0.4 is 0 Å². The van der Waals surface area contributed by atoms with Crippen LogP contribution in [0.5, 0.6) is 0 Å². The van der Waals surface area contributed by atoms with Crippen LogP contribution in [0, 0.1) is 18.3 Å². The van der Waals surface area contributed by atoms with E-state index in [-0.39, 0.29) is 0 Å². The molecule has 0 atom stereocenters. The molecule has 0 amide bonds. The van der Waals surface area contributed by atoms with E-state index in [0.717, 1.165) is 32.3 Å². The van der Waals surface area contributed by atoms with Crippen molar-refractivity contribution in [2.45, 2.75) is 38.4 Å². The molecule has 0 saturated heterocycles. The zero-order valence-electron chi connectivity index (χ0n) is 9.56. The summed E-state index contributed by atoms with van der Waals surface area (Å²) in [6, 6.07) is 10.3. The SMILES string of the molecule is C#CC1CCC(OCc2ccccc2)CC1. The second kappa shape index (κ2) is 5.72. The molecule has 0 radical (unpaired) electrons. The molecule has 2 rings (SSSR count). The highest BCUT2D eigenvalue weighted by Crippen LogP contribution is 2.26. The van der Waals surface area contributed by atoms with Crippen molar-refractivity contribution >= 4 is 0 Å². The Hall–Kier alpha value is -1.26. The molecule has 1 aromatic rings. The Kier molecular flexibility index (Phi) is 4.02. The maximum atomic E-state index is 5.89. The minimum Gasteiger partial charge on any atom is -0.374 e. The van der Waals surface area contributed by atoms with Gasteiger partial charge in [0.1, 0.15) is 0 Å². The van der Waals surface area contributed by atoms with Crippen LogP contribution in [0.3, 0.4) is 0 Å². The maximum absolute atomic E-state index is 5.89. The van der Waals surface area contributed by atoms with E-state index in [1.165, 1.54) is 5.56 Å². The molecule has 1 aliphatic rings. The summed E-state index contributed by atoms with van der Waals surface area (Å²) in [5.41, 5.74) is 1.25. The topological polar surface area (TPSA) is 9.23 Å². The molecule has 0 unspecified atom stereocenters. The largest absolute Gasteiger partial charge is 0.374 e. The number of rotatable bonds is 3. The minimum absolute atomic E-state index is 0.407. The normalized spacial score (nSPS) is 24.9. The first kappa shape index (κ1) is 11.2. The Balaban J connectivity index is 1.74. The van der Waals surface area contributed by atoms with E-state index in [1.54, 1.807) is 0 Å². The molecular formula is C15H18O. The molecule has 0 aromatic heterocycles. The summed E-state index contributed by atoms with van der Waals surface area (Å²) >= 11 is 0. The summed E-state index contributed by atoms with van der Waals surface area (Å²) in [4.78, 5) is 0. The average Bonchev–Trinajstić information content (AvgIpc) is 2.38. The second-order valence-corrected chi connectivity index (χ2v) is 4.44. The summed E-state index contributed by atoms with van der Waals surface area (Å²) < 4.78 is 5.89. The Labute approximate surface area is 97.8 Å². The van der Waals surface area contributed by atoms with E-state index < -0.39 is 0 Å².